The Hall–Kier alpha value is -3.43. The number of thiophene rings is 1. The fourth-order valence-electron chi connectivity index (χ4n) is 3.52. The lowest BCUT2D eigenvalue weighted by molar-refractivity contribution is -0.117. The van der Waals surface area contributed by atoms with Gasteiger partial charge in [-0.25, -0.2) is 4.98 Å². The number of hydrogen-bond acceptors (Lipinski definition) is 6. The summed E-state index contributed by atoms with van der Waals surface area (Å²) in [5, 5.41) is 3.37. The molecule has 33 heavy (non-hydrogen) atoms. The smallest absolute Gasteiger partial charge is 0.274 e. The first-order valence-corrected chi connectivity index (χ1v) is 12.0. The molecule has 2 amide bonds. The summed E-state index contributed by atoms with van der Waals surface area (Å²) in [5.41, 5.74) is 2.14. The van der Waals surface area contributed by atoms with Crippen molar-refractivity contribution in [1.82, 2.24) is 19.4 Å². The zero-order chi connectivity index (χ0) is 23.5. The van der Waals surface area contributed by atoms with Gasteiger partial charge < -0.3 is 4.57 Å². The number of imide groups is 1. The molecule has 0 bridgehead atoms. The minimum Gasteiger partial charge on any atom is -0.347 e. The van der Waals surface area contributed by atoms with Gasteiger partial charge in [-0.1, -0.05) is 48.2 Å². The van der Waals surface area contributed by atoms with Gasteiger partial charge in [0.15, 0.2) is 5.16 Å². The molecule has 0 unspecified atom stereocenters. The van der Waals surface area contributed by atoms with Gasteiger partial charge >= 0.3 is 0 Å². The molecule has 0 radical (unpaired) electrons. The molecule has 4 aromatic rings. The van der Waals surface area contributed by atoms with Crippen LogP contribution in [-0.2, 0) is 18.4 Å². The molecule has 7 nitrogen and oxygen atoms in total. The Morgan fingerprint density at radius 3 is 2.64 bits per heavy atom. The highest BCUT2D eigenvalue weighted by atomic mass is 32.2. The van der Waals surface area contributed by atoms with E-state index in [4.69, 9.17) is 4.98 Å². The molecule has 0 fully saturated rings. The van der Waals surface area contributed by atoms with Crippen LogP contribution in [0.4, 0.5) is 0 Å². The van der Waals surface area contributed by atoms with E-state index in [1.54, 1.807) is 36.0 Å². The zero-order valence-corrected chi connectivity index (χ0v) is 19.8. The summed E-state index contributed by atoms with van der Waals surface area (Å²) in [6.07, 6.45) is 3.35. The van der Waals surface area contributed by atoms with Crippen LogP contribution >= 0.6 is 23.1 Å². The highest BCUT2D eigenvalue weighted by molar-refractivity contribution is 7.99. The number of allylic oxidation sites excluding steroid dienone is 1. The van der Waals surface area contributed by atoms with Gasteiger partial charge in [0, 0.05) is 24.7 Å². The molecule has 9 heteroatoms. The number of carbonyl (C=O) groups excluding carboxylic acids is 2. The van der Waals surface area contributed by atoms with Gasteiger partial charge in [-0.05, 0) is 30.2 Å². The number of aromatic nitrogens is 3. The van der Waals surface area contributed by atoms with Gasteiger partial charge in [-0.3, -0.25) is 24.3 Å². The van der Waals surface area contributed by atoms with Crippen molar-refractivity contribution >= 4 is 45.1 Å². The van der Waals surface area contributed by atoms with Crippen molar-refractivity contribution in [1.29, 1.82) is 0 Å². The summed E-state index contributed by atoms with van der Waals surface area (Å²) in [4.78, 5) is 44.3. The lowest BCUT2D eigenvalue weighted by atomic mass is 10.1. The molecule has 3 aromatic heterocycles. The van der Waals surface area contributed by atoms with Crippen molar-refractivity contribution in [2.75, 3.05) is 5.75 Å². The van der Waals surface area contributed by atoms with Gasteiger partial charge in [0.25, 0.3) is 11.5 Å². The number of nitrogens with zero attached hydrogens (tertiary/aromatic N) is 3. The molecular weight excluding hydrogens is 456 g/mol. The van der Waals surface area contributed by atoms with Crippen LogP contribution in [0.2, 0.25) is 0 Å². The maximum Gasteiger partial charge on any atom is 0.274 e. The number of thioether (sulfide) groups is 1. The summed E-state index contributed by atoms with van der Waals surface area (Å²) < 4.78 is 3.15. The van der Waals surface area contributed by atoms with Crippen molar-refractivity contribution in [3.8, 4) is 10.4 Å². The third-order valence-corrected chi connectivity index (χ3v) is 7.34. The molecule has 3 heterocycles. The Bertz CT molecular complexity index is 1420. The van der Waals surface area contributed by atoms with E-state index in [-0.39, 0.29) is 17.9 Å². The predicted octanol–water partition coefficient (Wildman–Crippen LogP) is 4.01. The highest BCUT2D eigenvalue weighted by Gasteiger charge is 2.20. The number of nitrogens with one attached hydrogen (secondary N) is 1. The number of fused-ring (bicyclic) bond motifs is 1. The fourth-order valence-corrected chi connectivity index (χ4v) is 5.55. The molecule has 0 aliphatic rings. The first-order valence-electron chi connectivity index (χ1n) is 10.2. The third kappa shape index (κ3) is 4.55. The minimum atomic E-state index is -0.471. The molecule has 1 N–H and O–H groups in total. The Balaban J connectivity index is 1.63. The van der Waals surface area contributed by atoms with Crippen LogP contribution in [-0.4, -0.2) is 31.7 Å². The van der Waals surface area contributed by atoms with Gasteiger partial charge in [-0.15, -0.1) is 17.9 Å². The normalized spacial score (nSPS) is 11.0. The second-order valence-corrected chi connectivity index (χ2v) is 9.31. The molecule has 168 valence electrons. The van der Waals surface area contributed by atoms with Gasteiger partial charge in [0.05, 0.1) is 11.1 Å². The number of amides is 2. The average Bonchev–Trinajstić information content (AvgIpc) is 3.38. The first-order chi connectivity index (χ1) is 15.9. The average molecular weight is 479 g/mol. The monoisotopic (exact) mass is 478 g/mol. The van der Waals surface area contributed by atoms with Crippen LogP contribution in [0.3, 0.4) is 0 Å². The van der Waals surface area contributed by atoms with Crippen LogP contribution in [0, 0.1) is 6.92 Å². The van der Waals surface area contributed by atoms with Crippen LogP contribution in [0.15, 0.2) is 71.3 Å². The molecule has 0 aliphatic heterocycles. The summed E-state index contributed by atoms with van der Waals surface area (Å²) in [6, 6.07) is 13.2. The molecule has 1 aromatic carbocycles. The van der Waals surface area contributed by atoms with E-state index in [1.807, 2.05) is 37.3 Å². The van der Waals surface area contributed by atoms with Gasteiger partial charge in [-0.2, -0.15) is 0 Å². The van der Waals surface area contributed by atoms with Crippen molar-refractivity contribution in [3.63, 3.8) is 0 Å². The first kappa shape index (κ1) is 22.8. The van der Waals surface area contributed by atoms with Crippen LogP contribution in [0.1, 0.15) is 16.1 Å². The van der Waals surface area contributed by atoms with Crippen LogP contribution in [0.5, 0.6) is 0 Å². The standard InChI is InChI=1S/C24H22N4O3S2/c1-4-12-28-23(31)19-15(2)20(16-9-6-5-7-10-16)33-22(19)26-24(28)32-14-18(29)25-21(30)17-11-8-13-27(17)3/h4-11,13H,1,12,14H2,2-3H3,(H,25,29,30). The highest BCUT2D eigenvalue weighted by Crippen LogP contribution is 2.36. The van der Waals surface area contributed by atoms with E-state index >= 15 is 0 Å². The molecule has 0 aliphatic carbocycles. The number of carbonyl (C=O) groups is 2. The van der Waals surface area contributed by atoms with E-state index in [0.717, 1.165) is 27.8 Å². The van der Waals surface area contributed by atoms with E-state index < -0.39 is 11.8 Å². The topological polar surface area (TPSA) is 86.0 Å². The van der Waals surface area contributed by atoms with E-state index in [1.165, 1.54) is 15.9 Å². The lowest BCUT2D eigenvalue weighted by Gasteiger charge is -2.10. The summed E-state index contributed by atoms with van der Waals surface area (Å²) in [6.45, 7) is 5.94. The van der Waals surface area contributed by atoms with Crippen molar-refractivity contribution in [2.24, 2.45) is 7.05 Å². The summed E-state index contributed by atoms with van der Waals surface area (Å²) >= 11 is 2.57. The maximum absolute atomic E-state index is 13.3. The minimum absolute atomic E-state index is 0.0544. The van der Waals surface area contributed by atoms with E-state index in [0.29, 0.717) is 21.1 Å². The molecule has 4 rings (SSSR count). The number of aryl methyl sites for hydroxylation is 2. The quantitative estimate of drug-likeness (QED) is 0.246. The van der Waals surface area contributed by atoms with Gasteiger partial charge in [0.1, 0.15) is 10.5 Å². The second kappa shape index (κ2) is 9.60. The SMILES string of the molecule is C=CCn1c(SCC(=O)NC(=O)c2cccn2C)nc2sc(-c3ccccc3)c(C)c2c1=O. The number of rotatable bonds is 7. The molecule has 0 spiro atoms. The summed E-state index contributed by atoms with van der Waals surface area (Å²) in [5.74, 6) is -0.986. The van der Waals surface area contributed by atoms with Crippen molar-refractivity contribution < 1.29 is 9.59 Å². The number of hydrogen-bond donors (Lipinski definition) is 1. The maximum atomic E-state index is 13.3. The third-order valence-electron chi connectivity index (χ3n) is 5.12. The van der Waals surface area contributed by atoms with Crippen molar-refractivity contribution in [2.45, 2.75) is 18.6 Å². The Morgan fingerprint density at radius 2 is 1.97 bits per heavy atom. The number of benzene rings is 1. The Kier molecular flexibility index (Phi) is 6.62. The van der Waals surface area contributed by atoms with E-state index in [9.17, 15) is 14.4 Å². The zero-order valence-electron chi connectivity index (χ0n) is 18.2. The lowest BCUT2D eigenvalue weighted by Crippen LogP contribution is -2.33. The second-order valence-electron chi connectivity index (χ2n) is 7.37. The van der Waals surface area contributed by atoms with E-state index in [2.05, 4.69) is 11.9 Å². The van der Waals surface area contributed by atoms with Crippen LogP contribution < -0.4 is 10.9 Å². The molecule has 0 saturated heterocycles. The Labute approximate surface area is 198 Å². The largest absolute Gasteiger partial charge is 0.347 e. The fraction of sp³-hybridized carbons (Fsp3) is 0.167. The summed E-state index contributed by atoms with van der Waals surface area (Å²) in [7, 11) is 1.73. The molecule has 0 atom stereocenters. The molecule has 0 saturated carbocycles. The molecular formula is C24H22N4O3S2. The van der Waals surface area contributed by atoms with Crippen LogP contribution in [0.25, 0.3) is 20.7 Å². The van der Waals surface area contributed by atoms with Crippen molar-refractivity contribution in [3.05, 3.63) is 82.9 Å². The van der Waals surface area contributed by atoms with Gasteiger partial charge in [0.2, 0.25) is 5.91 Å². The predicted molar refractivity (Wildman–Crippen MR) is 133 cm³/mol. The Morgan fingerprint density at radius 1 is 1.21 bits per heavy atom.